The fraction of sp³-hybridized carbons (Fsp3) is 0.421. The van der Waals surface area contributed by atoms with Gasteiger partial charge in [-0.2, -0.15) is 5.26 Å². The summed E-state index contributed by atoms with van der Waals surface area (Å²) in [5, 5.41) is 11.8. The number of nitrogens with zero attached hydrogens (tertiary/aromatic N) is 3. The highest BCUT2D eigenvalue weighted by molar-refractivity contribution is 6.06. The molecule has 0 atom stereocenters. The maximum absolute atomic E-state index is 12.9. The molecule has 0 bridgehead atoms. The predicted octanol–water partition coefficient (Wildman–Crippen LogP) is 2.72. The first-order valence-electron chi connectivity index (χ1n) is 8.59. The second-order valence-electron chi connectivity index (χ2n) is 7.12. The van der Waals surface area contributed by atoms with Crippen molar-refractivity contribution in [2.75, 3.05) is 31.5 Å². The van der Waals surface area contributed by atoms with Crippen molar-refractivity contribution < 1.29 is 18.7 Å². The molecule has 1 aliphatic rings. The molecule has 0 aromatic heterocycles. The lowest BCUT2D eigenvalue weighted by Crippen LogP contribution is -2.48. The van der Waals surface area contributed by atoms with Crippen LogP contribution in [0, 0.1) is 17.1 Å². The standard InChI is InChI=1S/C19H23FN4O3/c1-19(2,3)27-18(26)24-10-8-23(9-11-24)13-14(12-21)17(25)22-16-6-4-15(20)5-7-16/h4-7,13H,8-11H2,1-3H3,(H,22,25)/b14-13-. The average Bonchev–Trinajstić information content (AvgIpc) is 2.60. The molecular weight excluding hydrogens is 351 g/mol. The molecule has 1 aromatic carbocycles. The fourth-order valence-electron chi connectivity index (χ4n) is 2.41. The smallest absolute Gasteiger partial charge is 0.410 e. The number of piperazine rings is 1. The van der Waals surface area contributed by atoms with Gasteiger partial charge in [0, 0.05) is 38.1 Å². The van der Waals surface area contributed by atoms with Crippen LogP contribution in [0.4, 0.5) is 14.9 Å². The number of anilines is 1. The highest BCUT2D eigenvalue weighted by Gasteiger charge is 2.25. The zero-order valence-electron chi connectivity index (χ0n) is 15.7. The van der Waals surface area contributed by atoms with Crippen molar-refractivity contribution >= 4 is 17.7 Å². The number of nitrogens with one attached hydrogen (secondary N) is 1. The summed E-state index contributed by atoms with van der Waals surface area (Å²) in [5.74, 6) is -0.981. The average molecular weight is 374 g/mol. The van der Waals surface area contributed by atoms with Gasteiger partial charge in [-0.15, -0.1) is 0 Å². The third kappa shape index (κ3) is 6.29. The molecule has 1 aromatic rings. The lowest BCUT2D eigenvalue weighted by Gasteiger charge is -2.35. The van der Waals surface area contributed by atoms with Crippen molar-refractivity contribution in [2.45, 2.75) is 26.4 Å². The van der Waals surface area contributed by atoms with E-state index in [0.717, 1.165) is 0 Å². The molecule has 1 fully saturated rings. The molecule has 2 rings (SSSR count). The van der Waals surface area contributed by atoms with Crippen LogP contribution in [0.5, 0.6) is 0 Å². The normalized spacial score (nSPS) is 15.1. The Kier molecular flexibility index (Phi) is 6.40. The lowest BCUT2D eigenvalue weighted by atomic mass is 10.2. The third-order valence-electron chi connectivity index (χ3n) is 3.74. The minimum Gasteiger partial charge on any atom is -0.444 e. The molecule has 0 saturated carbocycles. The van der Waals surface area contributed by atoms with Gasteiger partial charge < -0.3 is 19.9 Å². The number of carbonyl (C=O) groups excluding carboxylic acids is 2. The van der Waals surface area contributed by atoms with E-state index in [1.165, 1.54) is 30.5 Å². The van der Waals surface area contributed by atoms with Gasteiger partial charge in [0.25, 0.3) is 5.91 Å². The zero-order valence-corrected chi connectivity index (χ0v) is 15.7. The second kappa shape index (κ2) is 8.54. The fourth-order valence-corrected chi connectivity index (χ4v) is 2.41. The topological polar surface area (TPSA) is 85.7 Å². The monoisotopic (exact) mass is 374 g/mol. The molecule has 0 unspecified atom stereocenters. The van der Waals surface area contributed by atoms with Gasteiger partial charge in [0.15, 0.2) is 0 Å². The number of benzene rings is 1. The molecule has 1 N–H and O–H groups in total. The van der Waals surface area contributed by atoms with E-state index in [1.807, 2.05) is 31.7 Å². The van der Waals surface area contributed by atoms with Gasteiger partial charge in [-0.1, -0.05) is 0 Å². The molecule has 144 valence electrons. The first kappa shape index (κ1) is 20.2. The van der Waals surface area contributed by atoms with E-state index >= 15 is 0 Å². The van der Waals surface area contributed by atoms with Crippen molar-refractivity contribution in [3.8, 4) is 6.07 Å². The number of ether oxygens (including phenoxy) is 1. The molecule has 7 nitrogen and oxygen atoms in total. The van der Waals surface area contributed by atoms with Crippen LogP contribution >= 0.6 is 0 Å². The largest absolute Gasteiger partial charge is 0.444 e. The molecule has 1 aliphatic heterocycles. The van der Waals surface area contributed by atoms with E-state index in [2.05, 4.69) is 5.32 Å². The molecule has 8 heteroatoms. The highest BCUT2D eigenvalue weighted by atomic mass is 19.1. The van der Waals surface area contributed by atoms with E-state index in [0.29, 0.717) is 31.9 Å². The number of nitriles is 1. The van der Waals surface area contributed by atoms with Gasteiger partial charge in [-0.3, -0.25) is 4.79 Å². The lowest BCUT2D eigenvalue weighted by molar-refractivity contribution is -0.112. The molecule has 0 radical (unpaired) electrons. The number of hydrogen-bond donors (Lipinski definition) is 1. The van der Waals surface area contributed by atoms with E-state index in [4.69, 9.17) is 4.74 Å². The summed E-state index contributed by atoms with van der Waals surface area (Å²) in [6.07, 6.45) is 1.10. The van der Waals surface area contributed by atoms with Crippen LogP contribution in [0.1, 0.15) is 20.8 Å². The number of rotatable bonds is 3. The summed E-state index contributed by atoms with van der Waals surface area (Å²) in [4.78, 5) is 27.7. The summed E-state index contributed by atoms with van der Waals surface area (Å²) in [6.45, 7) is 7.25. The molecule has 0 aliphatic carbocycles. The van der Waals surface area contributed by atoms with Crippen LogP contribution in [0.2, 0.25) is 0 Å². The quantitative estimate of drug-likeness (QED) is 0.649. The van der Waals surface area contributed by atoms with Crippen molar-refractivity contribution in [1.29, 1.82) is 5.26 Å². The SMILES string of the molecule is CC(C)(C)OC(=O)N1CCN(/C=C(/C#N)C(=O)Nc2ccc(F)cc2)CC1. The molecule has 2 amide bonds. The van der Waals surface area contributed by atoms with Crippen LogP contribution in [0.3, 0.4) is 0 Å². The van der Waals surface area contributed by atoms with Crippen molar-refractivity contribution in [3.05, 3.63) is 41.9 Å². The third-order valence-corrected chi connectivity index (χ3v) is 3.74. The Balaban J connectivity index is 1.93. The maximum Gasteiger partial charge on any atom is 0.410 e. The number of amides is 2. The molecular formula is C19H23FN4O3. The van der Waals surface area contributed by atoms with Gasteiger partial charge in [-0.25, -0.2) is 9.18 Å². The van der Waals surface area contributed by atoms with E-state index in [-0.39, 0.29) is 11.7 Å². The zero-order chi connectivity index (χ0) is 20.0. The molecule has 1 heterocycles. The summed E-state index contributed by atoms with van der Waals surface area (Å²) < 4.78 is 18.3. The van der Waals surface area contributed by atoms with Gasteiger partial charge in [-0.05, 0) is 45.0 Å². The summed E-state index contributed by atoms with van der Waals surface area (Å²) in [5.41, 5.74) is -0.220. The van der Waals surface area contributed by atoms with Crippen LogP contribution in [0.15, 0.2) is 36.0 Å². The summed E-state index contributed by atoms with van der Waals surface area (Å²) in [7, 11) is 0. The van der Waals surface area contributed by atoms with Gasteiger partial charge in [0.1, 0.15) is 23.1 Å². The summed E-state index contributed by atoms with van der Waals surface area (Å²) in [6, 6.07) is 7.16. The maximum atomic E-state index is 12.9. The van der Waals surface area contributed by atoms with Gasteiger partial charge in [0.2, 0.25) is 0 Å². The first-order valence-corrected chi connectivity index (χ1v) is 8.59. The Labute approximate surface area is 158 Å². The Morgan fingerprint density at radius 1 is 1.19 bits per heavy atom. The minimum atomic E-state index is -0.571. The van der Waals surface area contributed by atoms with Crippen molar-refractivity contribution in [1.82, 2.24) is 9.80 Å². The summed E-state index contributed by atoms with van der Waals surface area (Å²) >= 11 is 0. The van der Waals surface area contributed by atoms with Crippen LogP contribution in [-0.2, 0) is 9.53 Å². The Hall–Kier alpha value is -3.08. The molecule has 27 heavy (non-hydrogen) atoms. The molecule has 0 spiro atoms. The van der Waals surface area contributed by atoms with Crippen molar-refractivity contribution in [3.63, 3.8) is 0 Å². The van der Waals surface area contributed by atoms with Crippen LogP contribution < -0.4 is 5.32 Å². The number of halogens is 1. The Morgan fingerprint density at radius 3 is 2.30 bits per heavy atom. The Bertz CT molecular complexity index is 755. The second-order valence-corrected chi connectivity index (χ2v) is 7.12. The van der Waals surface area contributed by atoms with Crippen LogP contribution in [0.25, 0.3) is 0 Å². The van der Waals surface area contributed by atoms with E-state index in [9.17, 15) is 19.2 Å². The highest BCUT2D eigenvalue weighted by Crippen LogP contribution is 2.13. The van der Waals surface area contributed by atoms with Crippen LogP contribution in [-0.4, -0.2) is 53.6 Å². The number of hydrogen-bond acceptors (Lipinski definition) is 5. The van der Waals surface area contributed by atoms with Gasteiger partial charge >= 0.3 is 6.09 Å². The first-order chi connectivity index (χ1) is 12.7. The van der Waals surface area contributed by atoms with E-state index < -0.39 is 17.3 Å². The van der Waals surface area contributed by atoms with Crippen molar-refractivity contribution in [2.24, 2.45) is 0 Å². The van der Waals surface area contributed by atoms with E-state index in [1.54, 1.807) is 4.90 Å². The predicted molar refractivity (Wildman–Crippen MR) is 98.1 cm³/mol. The number of carbonyl (C=O) groups is 2. The van der Waals surface area contributed by atoms with Gasteiger partial charge in [0.05, 0.1) is 0 Å². The Morgan fingerprint density at radius 2 is 1.78 bits per heavy atom. The minimum absolute atomic E-state index is 0.0648. The molecule has 1 saturated heterocycles.